The molecule has 174 valence electrons. The first-order chi connectivity index (χ1) is 18.3. The fourth-order valence-electron chi connectivity index (χ4n) is 5.07. The van der Waals surface area contributed by atoms with Crippen molar-refractivity contribution in [2.24, 2.45) is 0 Å². The lowest BCUT2D eigenvalue weighted by molar-refractivity contribution is 0.671. The molecular weight excluding hydrogens is 452 g/mol. The maximum absolute atomic E-state index is 6.69. The highest BCUT2D eigenvalue weighted by Crippen LogP contribution is 2.40. The third kappa shape index (κ3) is 3.78. The minimum atomic E-state index is 0.900. The molecule has 0 fully saturated rings. The van der Waals surface area contributed by atoms with Crippen LogP contribution in [0.4, 0.5) is 0 Å². The number of rotatable bonds is 4. The molecule has 4 aromatic carbocycles. The van der Waals surface area contributed by atoms with E-state index in [-0.39, 0.29) is 0 Å². The van der Waals surface area contributed by atoms with Crippen molar-refractivity contribution in [3.05, 3.63) is 134 Å². The summed E-state index contributed by atoms with van der Waals surface area (Å²) in [5.41, 5.74) is 10.6. The maximum Gasteiger partial charge on any atom is 0.143 e. The van der Waals surface area contributed by atoms with Crippen LogP contribution in [-0.2, 0) is 0 Å². The predicted octanol–water partition coefficient (Wildman–Crippen LogP) is 9.04. The normalized spacial score (nSPS) is 11.2. The van der Waals surface area contributed by atoms with Gasteiger partial charge in [0, 0.05) is 57.8 Å². The molecule has 0 bridgehead atoms. The standard InChI is InChI=1S/C34H22N2O/c1-7-23(27-11-5-17-35-21-27)19-25(9-1)29-13-3-15-31-32-16-4-14-30(34(32)37-33(29)31)26-10-2-8-24(20-26)28-12-6-18-36-22-28/h1-22H. The summed E-state index contributed by atoms with van der Waals surface area (Å²) in [6.07, 6.45) is 7.39. The van der Waals surface area contributed by atoms with Gasteiger partial charge in [-0.05, 0) is 46.5 Å². The number of para-hydroxylation sites is 2. The van der Waals surface area contributed by atoms with Crippen LogP contribution in [0.5, 0.6) is 0 Å². The number of pyridine rings is 2. The molecule has 0 amide bonds. The molecule has 0 spiro atoms. The number of nitrogens with zero attached hydrogens (tertiary/aromatic N) is 2. The van der Waals surface area contributed by atoms with Crippen molar-refractivity contribution < 1.29 is 4.42 Å². The molecule has 7 aromatic rings. The van der Waals surface area contributed by atoms with Crippen molar-refractivity contribution >= 4 is 21.9 Å². The fraction of sp³-hybridized carbons (Fsp3) is 0. The van der Waals surface area contributed by atoms with Crippen molar-refractivity contribution in [2.45, 2.75) is 0 Å². The van der Waals surface area contributed by atoms with Crippen LogP contribution in [0, 0.1) is 0 Å². The lowest BCUT2D eigenvalue weighted by Gasteiger charge is -2.07. The van der Waals surface area contributed by atoms with E-state index in [0.29, 0.717) is 0 Å². The summed E-state index contributed by atoms with van der Waals surface area (Å²) >= 11 is 0. The highest BCUT2D eigenvalue weighted by molar-refractivity contribution is 6.13. The first kappa shape index (κ1) is 21.3. The first-order valence-corrected chi connectivity index (χ1v) is 12.3. The van der Waals surface area contributed by atoms with Crippen molar-refractivity contribution in [1.82, 2.24) is 9.97 Å². The van der Waals surface area contributed by atoms with Crippen molar-refractivity contribution in [3.63, 3.8) is 0 Å². The van der Waals surface area contributed by atoms with Crippen LogP contribution >= 0.6 is 0 Å². The van der Waals surface area contributed by atoms with Gasteiger partial charge < -0.3 is 4.42 Å². The Kier molecular flexibility index (Phi) is 5.11. The highest BCUT2D eigenvalue weighted by atomic mass is 16.3. The second-order valence-electron chi connectivity index (χ2n) is 9.11. The van der Waals surface area contributed by atoms with Crippen LogP contribution in [-0.4, -0.2) is 9.97 Å². The number of aromatic nitrogens is 2. The zero-order chi connectivity index (χ0) is 24.6. The Morgan fingerprint density at radius 3 is 1.30 bits per heavy atom. The fourth-order valence-corrected chi connectivity index (χ4v) is 5.07. The average molecular weight is 475 g/mol. The quantitative estimate of drug-likeness (QED) is 0.255. The van der Waals surface area contributed by atoms with Crippen LogP contribution < -0.4 is 0 Å². The van der Waals surface area contributed by atoms with Crippen molar-refractivity contribution in [2.75, 3.05) is 0 Å². The highest BCUT2D eigenvalue weighted by Gasteiger charge is 2.16. The molecule has 0 saturated heterocycles. The molecule has 3 nitrogen and oxygen atoms in total. The second kappa shape index (κ2) is 8.89. The Morgan fingerprint density at radius 2 is 0.838 bits per heavy atom. The van der Waals surface area contributed by atoms with E-state index in [1.807, 2.05) is 24.5 Å². The minimum absolute atomic E-state index is 0.900. The maximum atomic E-state index is 6.69. The molecule has 7 rings (SSSR count). The Bertz CT molecular complexity index is 1730. The van der Waals surface area contributed by atoms with Gasteiger partial charge in [-0.25, -0.2) is 0 Å². The van der Waals surface area contributed by atoms with Crippen molar-refractivity contribution in [3.8, 4) is 44.5 Å². The zero-order valence-electron chi connectivity index (χ0n) is 20.0. The van der Waals surface area contributed by atoms with Crippen LogP contribution in [0.15, 0.2) is 138 Å². The summed E-state index contributed by atoms with van der Waals surface area (Å²) in [7, 11) is 0. The molecule has 0 aliphatic heterocycles. The Morgan fingerprint density at radius 1 is 0.405 bits per heavy atom. The van der Waals surface area contributed by atoms with E-state index in [0.717, 1.165) is 66.4 Å². The van der Waals surface area contributed by atoms with E-state index in [1.165, 1.54) is 0 Å². The summed E-state index contributed by atoms with van der Waals surface area (Å²) in [6.45, 7) is 0. The van der Waals surface area contributed by atoms with Crippen LogP contribution in [0.25, 0.3) is 66.4 Å². The number of hydrogen-bond donors (Lipinski definition) is 0. The molecule has 0 radical (unpaired) electrons. The number of hydrogen-bond acceptors (Lipinski definition) is 3. The molecule has 0 aliphatic rings. The SMILES string of the molecule is c1cncc(-c2cccc(-c3cccc4c3oc3c(-c5cccc(-c6cccnc6)c5)cccc34)c2)c1. The molecule has 3 heteroatoms. The predicted molar refractivity (Wildman–Crippen MR) is 151 cm³/mol. The largest absolute Gasteiger partial charge is 0.455 e. The van der Waals surface area contributed by atoms with E-state index in [9.17, 15) is 0 Å². The lowest BCUT2D eigenvalue weighted by atomic mass is 9.97. The molecule has 0 unspecified atom stereocenters. The van der Waals surface area contributed by atoms with Gasteiger partial charge in [0.1, 0.15) is 11.2 Å². The summed E-state index contributed by atoms with van der Waals surface area (Å²) in [5, 5.41) is 2.23. The van der Waals surface area contributed by atoms with Gasteiger partial charge in [0.05, 0.1) is 0 Å². The number of benzene rings is 4. The van der Waals surface area contributed by atoms with Gasteiger partial charge >= 0.3 is 0 Å². The third-order valence-electron chi connectivity index (χ3n) is 6.86. The van der Waals surface area contributed by atoms with Crippen LogP contribution in [0.3, 0.4) is 0 Å². The van der Waals surface area contributed by atoms with Crippen molar-refractivity contribution in [1.29, 1.82) is 0 Å². The number of furan rings is 1. The van der Waals surface area contributed by atoms with E-state index in [2.05, 4.69) is 107 Å². The molecule has 0 aliphatic carbocycles. The van der Waals surface area contributed by atoms with Gasteiger partial charge in [0.15, 0.2) is 0 Å². The first-order valence-electron chi connectivity index (χ1n) is 12.3. The summed E-state index contributed by atoms with van der Waals surface area (Å²) < 4.78 is 6.69. The molecular formula is C34H22N2O. The zero-order valence-corrected chi connectivity index (χ0v) is 20.0. The smallest absolute Gasteiger partial charge is 0.143 e. The second-order valence-corrected chi connectivity index (χ2v) is 9.11. The van der Waals surface area contributed by atoms with Gasteiger partial charge in [-0.1, -0.05) is 84.9 Å². The third-order valence-corrected chi connectivity index (χ3v) is 6.86. The minimum Gasteiger partial charge on any atom is -0.455 e. The van der Waals surface area contributed by atoms with Gasteiger partial charge in [-0.3, -0.25) is 9.97 Å². The Labute approximate surface area is 214 Å². The lowest BCUT2D eigenvalue weighted by Crippen LogP contribution is -1.83. The molecule has 0 N–H and O–H groups in total. The van der Waals surface area contributed by atoms with Crippen LogP contribution in [0.1, 0.15) is 0 Å². The van der Waals surface area contributed by atoms with E-state index < -0.39 is 0 Å². The summed E-state index contributed by atoms with van der Waals surface area (Å²) in [6, 6.07) is 38.0. The van der Waals surface area contributed by atoms with E-state index in [1.54, 1.807) is 12.4 Å². The van der Waals surface area contributed by atoms with E-state index >= 15 is 0 Å². The molecule has 37 heavy (non-hydrogen) atoms. The topological polar surface area (TPSA) is 38.9 Å². The van der Waals surface area contributed by atoms with Crippen LogP contribution in [0.2, 0.25) is 0 Å². The summed E-state index contributed by atoms with van der Waals surface area (Å²) in [4.78, 5) is 8.57. The Balaban J connectivity index is 1.39. The number of fused-ring (bicyclic) bond motifs is 3. The van der Waals surface area contributed by atoms with Gasteiger partial charge in [-0.2, -0.15) is 0 Å². The monoisotopic (exact) mass is 474 g/mol. The molecule has 3 heterocycles. The summed E-state index contributed by atoms with van der Waals surface area (Å²) in [5.74, 6) is 0. The molecule has 0 atom stereocenters. The van der Waals surface area contributed by atoms with Gasteiger partial charge in [0.25, 0.3) is 0 Å². The average Bonchev–Trinajstić information content (AvgIpc) is 3.37. The Hall–Kier alpha value is -5.02. The molecule has 0 saturated carbocycles. The van der Waals surface area contributed by atoms with E-state index in [4.69, 9.17) is 4.42 Å². The van der Waals surface area contributed by atoms with Gasteiger partial charge in [0.2, 0.25) is 0 Å². The molecule has 3 aromatic heterocycles. The van der Waals surface area contributed by atoms with Gasteiger partial charge in [-0.15, -0.1) is 0 Å².